The normalized spacial score (nSPS) is 10.5. The quantitative estimate of drug-likeness (QED) is 0.695. The molecular formula is C17H16N4O2. The molecule has 0 atom stereocenters. The fourth-order valence-corrected chi connectivity index (χ4v) is 2.36. The molecule has 0 aliphatic carbocycles. The number of hydrogen-bond acceptors (Lipinski definition) is 3. The molecule has 2 heterocycles. The van der Waals surface area contributed by atoms with Crippen LogP contribution in [0, 0.1) is 6.92 Å². The van der Waals surface area contributed by atoms with Crippen molar-refractivity contribution in [1.82, 2.24) is 9.97 Å². The average molecular weight is 308 g/mol. The zero-order chi connectivity index (χ0) is 16.4. The number of aromatic nitrogens is 2. The maximum Gasteiger partial charge on any atom is 0.258 e. The molecule has 116 valence electrons. The fourth-order valence-electron chi connectivity index (χ4n) is 2.36. The smallest absolute Gasteiger partial charge is 0.258 e. The number of hydrogen-bond donors (Lipinski definition) is 3. The van der Waals surface area contributed by atoms with Crippen LogP contribution < -0.4 is 10.6 Å². The molecule has 0 spiro atoms. The number of amides is 2. The molecule has 0 saturated heterocycles. The Morgan fingerprint density at radius 1 is 1.09 bits per heavy atom. The molecule has 3 N–H and O–H groups in total. The molecule has 0 fully saturated rings. The van der Waals surface area contributed by atoms with Crippen molar-refractivity contribution in [2.75, 3.05) is 10.6 Å². The Bertz CT molecular complexity index is 881. The summed E-state index contributed by atoms with van der Waals surface area (Å²) >= 11 is 0. The molecule has 0 saturated carbocycles. The van der Waals surface area contributed by atoms with E-state index < -0.39 is 0 Å². The first-order valence-electron chi connectivity index (χ1n) is 7.16. The molecule has 3 rings (SSSR count). The fraction of sp³-hybridized carbons (Fsp3) is 0.118. The first-order chi connectivity index (χ1) is 11.0. The van der Waals surface area contributed by atoms with E-state index in [4.69, 9.17) is 0 Å². The minimum absolute atomic E-state index is 0.235. The van der Waals surface area contributed by atoms with Gasteiger partial charge in [-0.15, -0.1) is 0 Å². The molecule has 0 radical (unpaired) electrons. The standard InChI is InChI=1S/C17H16N4O2/c1-10-3-6-15(19-9-10)21-17(23)13-4-5-14-12(7-8-18-14)16(13)20-11(2)22/h3-9,18H,1-2H3,(H,20,22)(H,19,21,23). The van der Waals surface area contributed by atoms with Gasteiger partial charge in [0.2, 0.25) is 5.91 Å². The highest BCUT2D eigenvalue weighted by Gasteiger charge is 2.16. The summed E-state index contributed by atoms with van der Waals surface area (Å²) in [5, 5.41) is 6.26. The van der Waals surface area contributed by atoms with Crippen LogP contribution in [0.2, 0.25) is 0 Å². The first kappa shape index (κ1) is 14.8. The third-order valence-electron chi connectivity index (χ3n) is 3.43. The van der Waals surface area contributed by atoms with Crippen LogP contribution >= 0.6 is 0 Å². The Labute approximate surface area is 132 Å². The molecular weight excluding hydrogens is 292 g/mol. The lowest BCUT2D eigenvalue weighted by Gasteiger charge is -2.11. The van der Waals surface area contributed by atoms with E-state index in [1.54, 1.807) is 30.6 Å². The highest BCUT2D eigenvalue weighted by atomic mass is 16.2. The summed E-state index contributed by atoms with van der Waals surface area (Å²) in [5.41, 5.74) is 2.73. The molecule has 3 aromatic rings. The number of benzene rings is 1. The van der Waals surface area contributed by atoms with E-state index in [9.17, 15) is 9.59 Å². The van der Waals surface area contributed by atoms with Gasteiger partial charge in [0.25, 0.3) is 5.91 Å². The largest absolute Gasteiger partial charge is 0.361 e. The summed E-state index contributed by atoms with van der Waals surface area (Å²) in [6, 6.07) is 8.90. The predicted molar refractivity (Wildman–Crippen MR) is 89.5 cm³/mol. The van der Waals surface area contributed by atoms with Crippen molar-refractivity contribution in [3.8, 4) is 0 Å². The van der Waals surface area contributed by atoms with Crippen LogP contribution in [-0.4, -0.2) is 21.8 Å². The molecule has 6 heteroatoms. The van der Waals surface area contributed by atoms with Crippen LogP contribution in [0.1, 0.15) is 22.8 Å². The number of carbonyl (C=O) groups is 2. The third-order valence-corrected chi connectivity index (χ3v) is 3.43. The van der Waals surface area contributed by atoms with Gasteiger partial charge in [0, 0.05) is 30.2 Å². The SMILES string of the molecule is CC(=O)Nc1c(C(=O)Nc2ccc(C)cn2)ccc2[nH]ccc12. The van der Waals surface area contributed by atoms with Crippen molar-refractivity contribution in [1.29, 1.82) is 0 Å². The molecule has 0 unspecified atom stereocenters. The van der Waals surface area contributed by atoms with E-state index in [-0.39, 0.29) is 11.8 Å². The monoisotopic (exact) mass is 308 g/mol. The van der Waals surface area contributed by atoms with Crippen molar-refractivity contribution in [2.45, 2.75) is 13.8 Å². The van der Waals surface area contributed by atoms with Crippen LogP contribution in [-0.2, 0) is 4.79 Å². The molecule has 1 aromatic carbocycles. The van der Waals surface area contributed by atoms with Crippen LogP contribution in [0.25, 0.3) is 10.9 Å². The Morgan fingerprint density at radius 2 is 1.91 bits per heavy atom. The summed E-state index contributed by atoms with van der Waals surface area (Å²) in [4.78, 5) is 31.3. The van der Waals surface area contributed by atoms with Gasteiger partial charge in [-0.3, -0.25) is 9.59 Å². The summed E-state index contributed by atoms with van der Waals surface area (Å²) < 4.78 is 0. The molecule has 2 amide bonds. The van der Waals surface area contributed by atoms with Crippen LogP contribution in [0.5, 0.6) is 0 Å². The number of aryl methyl sites for hydroxylation is 1. The van der Waals surface area contributed by atoms with Gasteiger partial charge in [-0.25, -0.2) is 4.98 Å². The van der Waals surface area contributed by atoms with Crippen molar-refractivity contribution in [2.24, 2.45) is 0 Å². The second kappa shape index (κ2) is 5.92. The third kappa shape index (κ3) is 3.06. The second-order valence-corrected chi connectivity index (χ2v) is 5.28. The number of H-pyrrole nitrogens is 1. The van der Waals surface area contributed by atoms with Crippen LogP contribution in [0.3, 0.4) is 0 Å². The van der Waals surface area contributed by atoms with Gasteiger partial charge in [-0.2, -0.15) is 0 Å². The van der Waals surface area contributed by atoms with E-state index in [2.05, 4.69) is 20.6 Å². The van der Waals surface area contributed by atoms with Crippen molar-refractivity contribution >= 4 is 34.2 Å². The Morgan fingerprint density at radius 3 is 2.61 bits per heavy atom. The van der Waals surface area contributed by atoms with Crippen LogP contribution in [0.4, 0.5) is 11.5 Å². The zero-order valence-electron chi connectivity index (χ0n) is 12.8. The van der Waals surface area contributed by atoms with Crippen molar-refractivity contribution < 1.29 is 9.59 Å². The lowest BCUT2D eigenvalue weighted by atomic mass is 10.1. The van der Waals surface area contributed by atoms with Gasteiger partial charge in [-0.05, 0) is 36.8 Å². The Kier molecular flexibility index (Phi) is 3.80. The predicted octanol–water partition coefficient (Wildman–Crippen LogP) is 3.08. The first-order valence-corrected chi connectivity index (χ1v) is 7.16. The van der Waals surface area contributed by atoms with Gasteiger partial charge >= 0.3 is 0 Å². The molecule has 23 heavy (non-hydrogen) atoms. The van der Waals surface area contributed by atoms with Gasteiger partial charge in [-0.1, -0.05) is 6.07 Å². The maximum atomic E-state index is 12.6. The number of anilines is 2. The number of carbonyl (C=O) groups excluding carboxylic acids is 2. The lowest BCUT2D eigenvalue weighted by molar-refractivity contribution is -0.114. The van der Waals surface area contributed by atoms with E-state index >= 15 is 0 Å². The van der Waals surface area contributed by atoms with Gasteiger partial charge in [0.05, 0.1) is 11.3 Å². The number of rotatable bonds is 3. The Balaban J connectivity index is 1.98. The Hall–Kier alpha value is -3.15. The number of pyridine rings is 1. The molecule has 0 aliphatic rings. The molecule has 2 aromatic heterocycles. The summed E-state index contributed by atoms with van der Waals surface area (Å²) in [6.45, 7) is 3.34. The van der Waals surface area contributed by atoms with E-state index in [0.29, 0.717) is 17.1 Å². The minimum atomic E-state index is -0.326. The highest BCUT2D eigenvalue weighted by molar-refractivity contribution is 6.15. The van der Waals surface area contributed by atoms with Crippen LogP contribution in [0.15, 0.2) is 42.7 Å². The summed E-state index contributed by atoms with van der Waals surface area (Å²) in [5.74, 6) is -0.0991. The summed E-state index contributed by atoms with van der Waals surface area (Å²) in [6.07, 6.45) is 3.44. The summed E-state index contributed by atoms with van der Waals surface area (Å²) in [7, 11) is 0. The number of aromatic amines is 1. The lowest BCUT2D eigenvalue weighted by Crippen LogP contribution is -2.17. The van der Waals surface area contributed by atoms with Gasteiger partial charge in [0.15, 0.2) is 0 Å². The van der Waals surface area contributed by atoms with Gasteiger partial charge in [0.1, 0.15) is 5.82 Å². The van der Waals surface area contributed by atoms with E-state index in [0.717, 1.165) is 16.5 Å². The number of fused-ring (bicyclic) bond motifs is 1. The van der Waals surface area contributed by atoms with Crippen molar-refractivity contribution in [3.05, 3.63) is 53.9 Å². The van der Waals surface area contributed by atoms with Crippen molar-refractivity contribution in [3.63, 3.8) is 0 Å². The van der Waals surface area contributed by atoms with E-state index in [1.807, 2.05) is 19.1 Å². The zero-order valence-corrected chi connectivity index (χ0v) is 12.8. The maximum absolute atomic E-state index is 12.6. The molecule has 0 bridgehead atoms. The second-order valence-electron chi connectivity index (χ2n) is 5.28. The number of nitrogens with zero attached hydrogens (tertiary/aromatic N) is 1. The average Bonchev–Trinajstić information content (AvgIpc) is 2.98. The topological polar surface area (TPSA) is 86.9 Å². The van der Waals surface area contributed by atoms with Gasteiger partial charge < -0.3 is 15.6 Å². The molecule has 6 nitrogen and oxygen atoms in total. The molecule has 0 aliphatic heterocycles. The minimum Gasteiger partial charge on any atom is -0.361 e. The highest BCUT2D eigenvalue weighted by Crippen LogP contribution is 2.27. The number of nitrogens with one attached hydrogen (secondary N) is 3. The van der Waals surface area contributed by atoms with E-state index in [1.165, 1.54) is 6.92 Å².